The lowest BCUT2D eigenvalue weighted by molar-refractivity contribution is -0.149. The molecular formula is C23H38IN3O3. The molecule has 1 unspecified atom stereocenters. The number of hydrogen-bond acceptors (Lipinski definition) is 4. The highest BCUT2D eigenvalue weighted by atomic mass is 127. The SMILES string of the molecule is CCNC(=NCCC(C)c1ccc(OC)cc1)NC1CCC(C(=O)OCC)CC1.I. The van der Waals surface area contributed by atoms with Crippen molar-refractivity contribution in [2.75, 3.05) is 26.8 Å². The third-order valence-electron chi connectivity index (χ3n) is 5.55. The van der Waals surface area contributed by atoms with Crippen LogP contribution in [0.15, 0.2) is 29.3 Å². The summed E-state index contributed by atoms with van der Waals surface area (Å²) in [6.07, 6.45) is 4.68. The van der Waals surface area contributed by atoms with Crippen LogP contribution in [0.3, 0.4) is 0 Å². The predicted molar refractivity (Wildman–Crippen MR) is 133 cm³/mol. The standard InChI is InChI=1S/C23H37N3O3.HI/c1-5-24-23(26-20-11-7-19(8-12-20)22(27)29-6-2)25-16-15-17(3)18-9-13-21(28-4)14-10-18;/h9-10,13-14,17,19-20H,5-8,11-12,15-16H2,1-4H3,(H2,24,25,26);1H. The van der Waals surface area contributed by atoms with Crippen molar-refractivity contribution < 1.29 is 14.3 Å². The molecule has 0 spiro atoms. The van der Waals surface area contributed by atoms with Gasteiger partial charge in [0.1, 0.15) is 5.75 Å². The minimum Gasteiger partial charge on any atom is -0.497 e. The van der Waals surface area contributed by atoms with Crippen molar-refractivity contribution in [1.29, 1.82) is 0 Å². The molecule has 0 bridgehead atoms. The number of nitrogens with one attached hydrogen (secondary N) is 2. The smallest absolute Gasteiger partial charge is 0.308 e. The van der Waals surface area contributed by atoms with E-state index in [1.807, 2.05) is 19.1 Å². The largest absolute Gasteiger partial charge is 0.497 e. The zero-order valence-electron chi connectivity index (χ0n) is 18.8. The van der Waals surface area contributed by atoms with E-state index in [9.17, 15) is 4.79 Å². The molecule has 1 saturated carbocycles. The summed E-state index contributed by atoms with van der Waals surface area (Å²) in [6.45, 7) is 8.23. The summed E-state index contributed by atoms with van der Waals surface area (Å²) in [5.41, 5.74) is 1.30. The average Bonchev–Trinajstić information content (AvgIpc) is 2.74. The van der Waals surface area contributed by atoms with E-state index in [2.05, 4.69) is 36.6 Å². The third kappa shape index (κ3) is 8.70. The zero-order chi connectivity index (χ0) is 21.1. The minimum absolute atomic E-state index is 0. The van der Waals surface area contributed by atoms with Gasteiger partial charge in [0.15, 0.2) is 5.96 Å². The summed E-state index contributed by atoms with van der Waals surface area (Å²) in [6, 6.07) is 8.62. The Morgan fingerprint density at radius 3 is 2.40 bits per heavy atom. The fraction of sp³-hybridized carbons (Fsp3) is 0.652. The van der Waals surface area contributed by atoms with Crippen molar-refractivity contribution in [2.45, 2.75) is 64.8 Å². The maximum Gasteiger partial charge on any atom is 0.308 e. The molecule has 1 aromatic rings. The summed E-state index contributed by atoms with van der Waals surface area (Å²) in [5, 5.41) is 6.89. The Labute approximate surface area is 198 Å². The number of guanidine groups is 1. The van der Waals surface area contributed by atoms with Crippen molar-refractivity contribution in [1.82, 2.24) is 10.6 Å². The molecule has 0 amide bonds. The molecule has 1 aromatic carbocycles. The maximum absolute atomic E-state index is 11.9. The van der Waals surface area contributed by atoms with Crippen LogP contribution < -0.4 is 15.4 Å². The summed E-state index contributed by atoms with van der Waals surface area (Å²) < 4.78 is 10.4. The van der Waals surface area contributed by atoms with Crippen LogP contribution in [-0.4, -0.2) is 44.8 Å². The van der Waals surface area contributed by atoms with E-state index in [0.29, 0.717) is 18.6 Å². The molecule has 0 aliphatic heterocycles. The number of esters is 1. The summed E-state index contributed by atoms with van der Waals surface area (Å²) in [7, 11) is 1.69. The van der Waals surface area contributed by atoms with Crippen LogP contribution in [0.1, 0.15) is 64.4 Å². The van der Waals surface area contributed by atoms with Gasteiger partial charge in [0.25, 0.3) is 0 Å². The first-order valence-corrected chi connectivity index (χ1v) is 10.9. The van der Waals surface area contributed by atoms with Gasteiger partial charge in [-0.2, -0.15) is 0 Å². The Bertz CT molecular complexity index is 644. The van der Waals surface area contributed by atoms with E-state index >= 15 is 0 Å². The summed E-state index contributed by atoms with van der Waals surface area (Å²) in [5.74, 6) is 2.20. The van der Waals surface area contributed by atoms with Crippen molar-refractivity contribution in [3.63, 3.8) is 0 Å². The lowest BCUT2D eigenvalue weighted by Gasteiger charge is -2.29. The van der Waals surface area contributed by atoms with E-state index in [-0.39, 0.29) is 35.9 Å². The van der Waals surface area contributed by atoms with E-state index in [0.717, 1.165) is 56.9 Å². The van der Waals surface area contributed by atoms with E-state index in [1.54, 1.807) is 7.11 Å². The molecule has 7 heteroatoms. The molecule has 0 heterocycles. The number of methoxy groups -OCH3 is 1. The second-order valence-electron chi connectivity index (χ2n) is 7.67. The van der Waals surface area contributed by atoms with Gasteiger partial charge in [0.2, 0.25) is 0 Å². The number of rotatable bonds is 9. The number of carbonyl (C=O) groups is 1. The first kappa shape index (κ1) is 26.5. The Balaban J connectivity index is 0.00000450. The highest BCUT2D eigenvalue weighted by Crippen LogP contribution is 2.25. The molecule has 170 valence electrons. The maximum atomic E-state index is 11.9. The van der Waals surface area contributed by atoms with Crippen molar-refractivity contribution in [3.05, 3.63) is 29.8 Å². The van der Waals surface area contributed by atoms with Gasteiger partial charge < -0.3 is 20.1 Å². The quantitative estimate of drug-likeness (QED) is 0.213. The minimum atomic E-state index is -0.0426. The Kier molecular flexibility index (Phi) is 12.8. The van der Waals surface area contributed by atoms with Gasteiger partial charge in [0.05, 0.1) is 19.6 Å². The number of hydrogen-bond donors (Lipinski definition) is 2. The fourth-order valence-electron chi connectivity index (χ4n) is 3.72. The first-order valence-electron chi connectivity index (χ1n) is 10.9. The van der Waals surface area contributed by atoms with E-state index in [1.165, 1.54) is 5.56 Å². The molecule has 30 heavy (non-hydrogen) atoms. The van der Waals surface area contributed by atoms with E-state index < -0.39 is 0 Å². The van der Waals surface area contributed by atoms with Crippen LogP contribution in [0.4, 0.5) is 0 Å². The van der Waals surface area contributed by atoms with Crippen LogP contribution in [0.25, 0.3) is 0 Å². The van der Waals surface area contributed by atoms with Gasteiger partial charge in [-0.05, 0) is 69.6 Å². The molecule has 0 aromatic heterocycles. The zero-order valence-corrected chi connectivity index (χ0v) is 21.1. The van der Waals surface area contributed by atoms with Gasteiger partial charge in [-0.3, -0.25) is 9.79 Å². The monoisotopic (exact) mass is 531 g/mol. The third-order valence-corrected chi connectivity index (χ3v) is 5.55. The van der Waals surface area contributed by atoms with Crippen LogP contribution >= 0.6 is 24.0 Å². The van der Waals surface area contributed by atoms with Gasteiger partial charge in [-0.15, -0.1) is 24.0 Å². The summed E-state index contributed by atoms with van der Waals surface area (Å²) >= 11 is 0. The molecule has 1 aliphatic rings. The second kappa shape index (κ2) is 14.5. The second-order valence-corrected chi connectivity index (χ2v) is 7.67. The number of ether oxygens (including phenoxy) is 2. The van der Waals surface area contributed by atoms with Gasteiger partial charge in [-0.25, -0.2) is 0 Å². The highest BCUT2D eigenvalue weighted by molar-refractivity contribution is 14.0. The molecule has 0 radical (unpaired) electrons. The number of carbonyl (C=O) groups excluding carboxylic acids is 1. The fourth-order valence-corrected chi connectivity index (χ4v) is 3.72. The normalized spacial score (nSPS) is 19.9. The lowest BCUT2D eigenvalue weighted by atomic mass is 9.86. The predicted octanol–water partition coefficient (Wildman–Crippen LogP) is 4.48. The Morgan fingerprint density at radius 2 is 1.83 bits per heavy atom. The van der Waals surface area contributed by atoms with Crippen molar-refractivity contribution >= 4 is 35.9 Å². The van der Waals surface area contributed by atoms with Crippen LogP contribution in [0, 0.1) is 5.92 Å². The molecule has 1 aliphatic carbocycles. The number of nitrogens with zero attached hydrogens (tertiary/aromatic N) is 1. The van der Waals surface area contributed by atoms with Gasteiger partial charge in [0, 0.05) is 19.1 Å². The molecule has 1 fully saturated rings. The molecule has 6 nitrogen and oxygen atoms in total. The molecule has 1 atom stereocenters. The van der Waals surface area contributed by atoms with Crippen LogP contribution in [-0.2, 0) is 9.53 Å². The molecule has 2 rings (SSSR count). The Morgan fingerprint density at radius 1 is 1.17 bits per heavy atom. The first-order chi connectivity index (χ1) is 14.1. The molecule has 2 N–H and O–H groups in total. The van der Waals surface area contributed by atoms with Gasteiger partial charge in [-0.1, -0.05) is 19.1 Å². The van der Waals surface area contributed by atoms with Crippen LogP contribution in [0.5, 0.6) is 5.75 Å². The number of halogens is 1. The van der Waals surface area contributed by atoms with Gasteiger partial charge >= 0.3 is 5.97 Å². The van der Waals surface area contributed by atoms with Crippen LogP contribution in [0.2, 0.25) is 0 Å². The highest BCUT2D eigenvalue weighted by Gasteiger charge is 2.27. The number of aliphatic imine (C=N–C) groups is 1. The van der Waals surface area contributed by atoms with Crippen molar-refractivity contribution in [2.24, 2.45) is 10.9 Å². The van der Waals surface area contributed by atoms with E-state index in [4.69, 9.17) is 14.5 Å². The topological polar surface area (TPSA) is 72.0 Å². The molecule has 0 saturated heterocycles. The van der Waals surface area contributed by atoms with Crippen molar-refractivity contribution in [3.8, 4) is 5.75 Å². The Hall–Kier alpha value is -1.51. The molecular weight excluding hydrogens is 493 g/mol. The average molecular weight is 531 g/mol. The number of benzene rings is 1. The lowest BCUT2D eigenvalue weighted by Crippen LogP contribution is -2.45. The summed E-state index contributed by atoms with van der Waals surface area (Å²) in [4.78, 5) is 16.7.